The summed E-state index contributed by atoms with van der Waals surface area (Å²) in [6.45, 7) is 5.09. The molecule has 2 amide bonds. The quantitative estimate of drug-likeness (QED) is 0.630. The van der Waals surface area contributed by atoms with Crippen LogP contribution in [0.3, 0.4) is 0 Å². The first-order chi connectivity index (χ1) is 15.8. The Hall–Kier alpha value is -3.11. The van der Waals surface area contributed by atoms with Gasteiger partial charge in [0.1, 0.15) is 0 Å². The third-order valence-corrected chi connectivity index (χ3v) is 7.96. The minimum atomic E-state index is -3.57. The van der Waals surface area contributed by atoms with Gasteiger partial charge in [-0.3, -0.25) is 9.59 Å². The van der Waals surface area contributed by atoms with Crippen LogP contribution in [0.1, 0.15) is 25.8 Å². The zero-order valence-electron chi connectivity index (χ0n) is 18.6. The van der Waals surface area contributed by atoms with Gasteiger partial charge in [0.05, 0.1) is 10.8 Å². The van der Waals surface area contributed by atoms with Gasteiger partial charge in [-0.15, -0.1) is 0 Å². The van der Waals surface area contributed by atoms with Crippen molar-refractivity contribution in [3.05, 3.63) is 48.0 Å². The van der Waals surface area contributed by atoms with Gasteiger partial charge < -0.3 is 19.7 Å². The van der Waals surface area contributed by atoms with Crippen LogP contribution in [0.15, 0.2) is 47.4 Å². The third-order valence-electron chi connectivity index (χ3n) is 5.89. The molecule has 1 N–H and O–H groups in total. The molecule has 2 aromatic rings. The molecule has 0 aromatic heterocycles. The van der Waals surface area contributed by atoms with Crippen LogP contribution >= 0.6 is 0 Å². The molecular formula is C23H27N3O6S. The summed E-state index contributed by atoms with van der Waals surface area (Å²) in [5, 5.41) is 2.88. The van der Waals surface area contributed by atoms with Crippen molar-refractivity contribution in [2.45, 2.75) is 31.7 Å². The predicted molar refractivity (Wildman–Crippen MR) is 121 cm³/mol. The number of rotatable bonds is 8. The van der Waals surface area contributed by atoms with E-state index in [1.54, 1.807) is 32.0 Å². The Kier molecular flexibility index (Phi) is 6.57. The van der Waals surface area contributed by atoms with Crippen LogP contribution in [0.25, 0.3) is 0 Å². The monoisotopic (exact) mass is 473 g/mol. The van der Waals surface area contributed by atoms with Crippen LogP contribution in [-0.4, -0.2) is 51.0 Å². The summed E-state index contributed by atoms with van der Waals surface area (Å²) in [4.78, 5) is 26.9. The maximum atomic E-state index is 12.7. The zero-order chi connectivity index (χ0) is 23.6. The van der Waals surface area contributed by atoms with Crippen molar-refractivity contribution in [3.63, 3.8) is 0 Å². The van der Waals surface area contributed by atoms with Gasteiger partial charge >= 0.3 is 0 Å². The number of nitrogens with one attached hydrogen (secondary N) is 1. The Bertz CT molecular complexity index is 1150. The molecule has 0 aliphatic carbocycles. The lowest BCUT2D eigenvalue weighted by Gasteiger charge is -2.20. The highest BCUT2D eigenvalue weighted by atomic mass is 32.2. The number of anilines is 1. The molecule has 9 nitrogen and oxygen atoms in total. The van der Waals surface area contributed by atoms with Gasteiger partial charge in [0.2, 0.25) is 28.6 Å². The Morgan fingerprint density at radius 3 is 2.48 bits per heavy atom. The number of hydrogen-bond acceptors (Lipinski definition) is 6. The minimum absolute atomic E-state index is 0.104. The van der Waals surface area contributed by atoms with E-state index in [0.717, 1.165) is 5.56 Å². The van der Waals surface area contributed by atoms with Crippen LogP contribution in [-0.2, 0) is 26.2 Å². The molecule has 0 unspecified atom stereocenters. The van der Waals surface area contributed by atoms with E-state index in [2.05, 4.69) is 5.32 Å². The summed E-state index contributed by atoms with van der Waals surface area (Å²) in [5.74, 6) is 0.473. The zero-order valence-corrected chi connectivity index (χ0v) is 19.4. The second-order valence-electron chi connectivity index (χ2n) is 7.89. The van der Waals surface area contributed by atoms with E-state index in [4.69, 9.17) is 9.47 Å². The molecule has 2 aromatic carbocycles. The van der Waals surface area contributed by atoms with Crippen molar-refractivity contribution in [1.82, 2.24) is 9.62 Å². The molecule has 176 valence electrons. The van der Waals surface area contributed by atoms with E-state index in [0.29, 0.717) is 36.8 Å². The van der Waals surface area contributed by atoms with Crippen molar-refractivity contribution in [2.75, 3.05) is 31.3 Å². The summed E-state index contributed by atoms with van der Waals surface area (Å²) in [7, 11) is -3.57. The summed E-state index contributed by atoms with van der Waals surface area (Å²) in [6, 6.07) is 11.7. The number of fused-ring (bicyclic) bond motifs is 1. The van der Waals surface area contributed by atoms with Gasteiger partial charge in [-0.1, -0.05) is 19.9 Å². The first kappa shape index (κ1) is 23.1. The number of carbonyl (C=O) groups excluding carboxylic acids is 2. The number of ether oxygens (including phenoxy) is 2. The highest BCUT2D eigenvalue weighted by Gasteiger charge is 2.35. The van der Waals surface area contributed by atoms with Crippen molar-refractivity contribution in [1.29, 1.82) is 0 Å². The average Bonchev–Trinajstić information content (AvgIpc) is 3.44. The SMILES string of the molecule is CCN(CC)S(=O)(=O)c1ccc(N2C[C@@H](C(=O)NCc3ccc4c(c3)OCO4)CC2=O)cc1. The van der Waals surface area contributed by atoms with Crippen molar-refractivity contribution in [2.24, 2.45) is 5.92 Å². The molecule has 2 heterocycles. The molecule has 33 heavy (non-hydrogen) atoms. The van der Waals surface area contributed by atoms with Gasteiger partial charge in [0, 0.05) is 38.3 Å². The van der Waals surface area contributed by atoms with Gasteiger partial charge in [0.15, 0.2) is 11.5 Å². The van der Waals surface area contributed by atoms with E-state index < -0.39 is 15.9 Å². The highest BCUT2D eigenvalue weighted by molar-refractivity contribution is 7.89. The first-order valence-electron chi connectivity index (χ1n) is 10.9. The molecule has 0 saturated carbocycles. The second kappa shape index (κ2) is 9.40. The Balaban J connectivity index is 1.38. The van der Waals surface area contributed by atoms with E-state index in [1.807, 2.05) is 12.1 Å². The van der Waals surface area contributed by atoms with Crippen molar-refractivity contribution >= 4 is 27.5 Å². The van der Waals surface area contributed by atoms with Crippen LogP contribution in [0.5, 0.6) is 11.5 Å². The van der Waals surface area contributed by atoms with Gasteiger partial charge in [-0.2, -0.15) is 4.31 Å². The molecule has 1 fully saturated rings. The summed E-state index contributed by atoms with van der Waals surface area (Å²) >= 11 is 0. The van der Waals surface area contributed by atoms with Gasteiger partial charge in [-0.25, -0.2) is 8.42 Å². The third kappa shape index (κ3) is 4.67. The molecule has 1 saturated heterocycles. The number of amides is 2. The van der Waals surface area contributed by atoms with E-state index in [-0.39, 0.29) is 36.5 Å². The maximum Gasteiger partial charge on any atom is 0.243 e. The fourth-order valence-electron chi connectivity index (χ4n) is 4.03. The number of carbonyl (C=O) groups is 2. The van der Waals surface area contributed by atoms with Gasteiger partial charge in [-0.05, 0) is 42.0 Å². The Morgan fingerprint density at radius 2 is 1.79 bits per heavy atom. The maximum absolute atomic E-state index is 12.7. The number of benzene rings is 2. The summed E-state index contributed by atoms with van der Waals surface area (Å²) in [6.07, 6.45) is 0.104. The standard InChI is InChI=1S/C23H27N3O6S/c1-3-25(4-2)33(29,30)19-8-6-18(7-9-19)26-14-17(12-22(26)27)23(28)24-13-16-5-10-20-21(11-16)32-15-31-20/h5-11,17H,3-4,12-15H2,1-2H3,(H,24,28)/t17-/m0/s1. The lowest BCUT2D eigenvalue weighted by molar-refractivity contribution is -0.126. The van der Waals surface area contributed by atoms with Crippen molar-refractivity contribution in [3.8, 4) is 11.5 Å². The van der Waals surface area contributed by atoms with Gasteiger partial charge in [0.25, 0.3) is 0 Å². The van der Waals surface area contributed by atoms with E-state index >= 15 is 0 Å². The largest absolute Gasteiger partial charge is 0.454 e. The second-order valence-corrected chi connectivity index (χ2v) is 9.83. The fraction of sp³-hybridized carbons (Fsp3) is 0.391. The fourth-order valence-corrected chi connectivity index (χ4v) is 5.49. The minimum Gasteiger partial charge on any atom is -0.454 e. The molecule has 10 heteroatoms. The normalized spacial score (nSPS) is 17.6. The Labute approximate surface area is 193 Å². The molecule has 4 rings (SSSR count). The average molecular weight is 474 g/mol. The molecule has 0 bridgehead atoms. The topological polar surface area (TPSA) is 105 Å². The Morgan fingerprint density at radius 1 is 1.09 bits per heavy atom. The number of nitrogens with zero attached hydrogens (tertiary/aromatic N) is 2. The molecule has 0 radical (unpaired) electrons. The molecular weight excluding hydrogens is 446 g/mol. The molecule has 2 aliphatic rings. The smallest absolute Gasteiger partial charge is 0.243 e. The van der Waals surface area contributed by atoms with Crippen LogP contribution in [0, 0.1) is 5.92 Å². The molecule has 0 spiro atoms. The molecule has 1 atom stereocenters. The van der Waals surface area contributed by atoms with Crippen LogP contribution < -0.4 is 19.7 Å². The molecule has 2 aliphatic heterocycles. The first-order valence-corrected chi connectivity index (χ1v) is 12.3. The number of sulfonamides is 1. The van der Waals surface area contributed by atoms with E-state index in [1.165, 1.54) is 21.3 Å². The summed E-state index contributed by atoms with van der Waals surface area (Å²) < 4.78 is 37.3. The summed E-state index contributed by atoms with van der Waals surface area (Å²) in [5.41, 5.74) is 1.45. The van der Waals surface area contributed by atoms with E-state index in [9.17, 15) is 18.0 Å². The van der Waals surface area contributed by atoms with Crippen LogP contribution in [0.4, 0.5) is 5.69 Å². The van der Waals surface area contributed by atoms with Crippen molar-refractivity contribution < 1.29 is 27.5 Å². The highest BCUT2D eigenvalue weighted by Crippen LogP contribution is 2.32. The lowest BCUT2D eigenvalue weighted by Crippen LogP contribution is -2.32. The van der Waals surface area contributed by atoms with Crippen LogP contribution in [0.2, 0.25) is 0 Å². The lowest BCUT2D eigenvalue weighted by atomic mass is 10.1. The predicted octanol–water partition coefficient (Wildman–Crippen LogP) is 2.12. The number of hydrogen-bond donors (Lipinski definition) is 1.